The number of anilines is 1. The second-order valence-corrected chi connectivity index (χ2v) is 7.33. The van der Waals surface area contributed by atoms with Crippen molar-refractivity contribution in [2.24, 2.45) is 5.73 Å². The number of rotatable bonds is 4. The number of benzene rings is 1. The first kappa shape index (κ1) is 19.8. The van der Waals surface area contributed by atoms with Gasteiger partial charge in [-0.05, 0) is 30.5 Å². The standard InChI is InChI=1S/C17H21N3O3S.ClH/c18-17(8-2-1-3-9-17)15(22)19-13-6-4-12(5-7-13)10-20-14(21)11-24-16(20)23;/h4-7H,1-3,8-11,18H2,(H,19,22);1H. The maximum absolute atomic E-state index is 12.4. The SMILES string of the molecule is Cl.NC1(C(=O)Nc2ccc(CN3C(=O)CSC3=O)cc2)CCCCC1. The first-order valence-corrected chi connectivity index (χ1v) is 9.13. The Morgan fingerprint density at radius 1 is 1.16 bits per heavy atom. The zero-order valence-electron chi connectivity index (χ0n) is 13.8. The Labute approximate surface area is 157 Å². The van der Waals surface area contributed by atoms with Crippen LogP contribution in [-0.4, -0.2) is 33.2 Å². The molecule has 25 heavy (non-hydrogen) atoms. The van der Waals surface area contributed by atoms with E-state index in [-0.39, 0.29) is 41.8 Å². The number of nitrogens with zero attached hydrogens (tertiary/aromatic N) is 1. The summed E-state index contributed by atoms with van der Waals surface area (Å²) in [5.41, 5.74) is 6.97. The van der Waals surface area contributed by atoms with E-state index >= 15 is 0 Å². The van der Waals surface area contributed by atoms with Crippen LogP contribution in [0.4, 0.5) is 10.5 Å². The molecule has 0 unspecified atom stereocenters. The van der Waals surface area contributed by atoms with Gasteiger partial charge in [-0.2, -0.15) is 0 Å². The maximum Gasteiger partial charge on any atom is 0.289 e. The van der Waals surface area contributed by atoms with Gasteiger partial charge in [0.1, 0.15) is 0 Å². The molecule has 8 heteroatoms. The van der Waals surface area contributed by atoms with Crippen LogP contribution in [0.1, 0.15) is 37.7 Å². The monoisotopic (exact) mass is 383 g/mol. The van der Waals surface area contributed by atoms with Crippen molar-refractivity contribution in [3.8, 4) is 0 Å². The number of carbonyl (C=O) groups excluding carboxylic acids is 3. The minimum atomic E-state index is -0.775. The molecular formula is C17H22ClN3O3S. The lowest BCUT2D eigenvalue weighted by atomic mass is 9.82. The van der Waals surface area contributed by atoms with Gasteiger partial charge >= 0.3 is 0 Å². The highest BCUT2D eigenvalue weighted by Crippen LogP contribution is 2.27. The van der Waals surface area contributed by atoms with Crippen LogP contribution in [0.3, 0.4) is 0 Å². The molecule has 0 radical (unpaired) electrons. The number of nitrogens with two attached hydrogens (primary N) is 1. The van der Waals surface area contributed by atoms with E-state index < -0.39 is 5.54 Å². The van der Waals surface area contributed by atoms with Crippen LogP contribution < -0.4 is 11.1 Å². The number of thioether (sulfide) groups is 1. The van der Waals surface area contributed by atoms with E-state index in [0.29, 0.717) is 18.5 Å². The molecule has 136 valence electrons. The van der Waals surface area contributed by atoms with Gasteiger partial charge in [0.25, 0.3) is 5.24 Å². The number of hydrogen-bond acceptors (Lipinski definition) is 5. The van der Waals surface area contributed by atoms with E-state index in [1.54, 1.807) is 12.1 Å². The first-order chi connectivity index (χ1) is 11.5. The Kier molecular flexibility index (Phi) is 6.48. The maximum atomic E-state index is 12.4. The topological polar surface area (TPSA) is 92.5 Å². The predicted octanol–water partition coefficient (Wildman–Crippen LogP) is 2.90. The Bertz CT molecular complexity index is 644. The number of halogens is 1. The number of nitrogens with one attached hydrogen (secondary N) is 1. The molecule has 1 saturated heterocycles. The van der Waals surface area contributed by atoms with Gasteiger partial charge in [0, 0.05) is 5.69 Å². The molecule has 0 aromatic heterocycles. The molecule has 0 bridgehead atoms. The van der Waals surface area contributed by atoms with Gasteiger partial charge in [-0.25, -0.2) is 0 Å². The largest absolute Gasteiger partial charge is 0.324 e. The van der Waals surface area contributed by atoms with Crippen LogP contribution in [0.15, 0.2) is 24.3 Å². The summed E-state index contributed by atoms with van der Waals surface area (Å²) in [4.78, 5) is 36.9. The van der Waals surface area contributed by atoms with Crippen molar-refractivity contribution >= 4 is 46.9 Å². The van der Waals surface area contributed by atoms with Crippen LogP contribution in [0.25, 0.3) is 0 Å². The van der Waals surface area contributed by atoms with Gasteiger partial charge in [-0.3, -0.25) is 19.3 Å². The van der Waals surface area contributed by atoms with Gasteiger partial charge in [-0.1, -0.05) is 43.2 Å². The lowest BCUT2D eigenvalue weighted by Gasteiger charge is -2.31. The van der Waals surface area contributed by atoms with Gasteiger partial charge in [0.2, 0.25) is 11.8 Å². The second kappa shape index (κ2) is 8.21. The highest BCUT2D eigenvalue weighted by Gasteiger charge is 2.35. The van der Waals surface area contributed by atoms with E-state index in [9.17, 15) is 14.4 Å². The molecule has 1 aliphatic carbocycles. The average Bonchev–Trinajstić information content (AvgIpc) is 2.89. The minimum Gasteiger partial charge on any atom is -0.324 e. The summed E-state index contributed by atoms with van der Waals surface area (Å²) in [6.45, 7) is 0.264. The summed E-state index contributed by atoms with van der Waals surface area (Å²) < 4.78 is 0. The van der Waals surface area contributed by atoms with Crippen molar-refractivity contribution in [1.82, 2.24) is 4.90 Å². The Balaban J connectivity index is 0.00000225. The molecule has 3 N–H and O–H groups in total. The van der Waals surface area contributed by atoms with Crippen molar-refractivity contribution in [3.63, 3.8) is 0 Å². The van der Waals surface area contributed by atoms with Gasteiger partial charge in [-0.15, -0.1) is 12.4 Å². The molecular weight excluding hydrogens is 362 g/mol. The normalized spacial score (nSPS) is 19.5. The van der Waals surface area contributed by atoms with Crippen molar-refractivity contribution in [2.75, 3.05) is 11.1 Å². The van der Waals surface area contributed by atoms with Crippen LogP contribution in [-0.2, 0) is 16.1 Å². The molecule has 6 nitrogen and oxygen atoms in total. The summed E-state index contributed by atoms with van der Waals surface area (Å²) in [7, 11) is 0. The number of amides is 3. The second-order valence-electron chi connectivity index (χ2n) is 6.40. The summed E-state index contributed by atoms with van der Waals surface area (Å²) in [6, 6.07) is 7.17. The molecule has 3 rings (SSSR count). The molecule has 1 aliphatic heterocycles. The average molecular weight is 384 g/mol. The molecule has 0 spiro atoms. The smallest absolute Gasteiger partial charge is 0.289 e. The van der Waals surface area contributed by atoms with Crippen LogP contribution in [0, 0.1) is 0 Å². The minimum absolute atomic E-state index is 0. The number of hydrogen-bond donors (Lipinski definition) is 2. The van der Waals surface area contributed by atoms with E-state index in [0.717, 1.165) is 36.6 Å². The fraction of sp³-hybridized carbons (Fsp3) is 0.471. The fourth-order valence-corrected chi connectivity index (χ4v) is 3.80. The molecule has 2 fully saturated rings. The van der Waals surface area contributed by atoms with Gasteiger partial charge in [0.05, 0.1) is 17.8 Å². The van der Waals surface area contributed by atoms with Crippen LogP contribution in [0.2, 0.25) is 0 Å². The van der Waals surface area contributed by atoms with Crippen molar-refractivity contribution < 1.29 is 14.4 Å². The molecule has 1 heterocycles. The van der Waals surface area contributed by atoms with E-state index in [1.807, 2.05) is 12.1 Å². The predicted molar refractivity (Wildman–Crippen MR) is 101 cm³/mol. The summed E-state index contributed by atoms with van der Waals surface area (Å²) >= 11 is 1.03. The molecule has 2 aliphatic rings. The Morgan fingerprint density at radius 2 is 1.80 bits per heavy atom. The van der Waals surface area contributed by atoms with E-state index in [4.69, 9.17) is 5.73 Å². The number of carbonyl (C=O) groups is 3. The lowest BCUT2D eigenvalue weighted by Crippen LogP contribution is -2.52. The molecule has 1 aromatic rings. The van der Waals surface area contributed by atoms with Gasteiger partial charge < -0.3 is 11.1 Å². The Hall–Kier alpha value is -1.57. The fourth-order valence-electron chi connectivity index (χ4n) is 3.08. The Morgan fingerprint density at radius 3 is 2.36 bits per heavy atom. The third-order valence-corrected chi connectivity index (χ3v) is 5.45. The third-order valence-electron chi connectivity index (χ3n) is 4.59. The van der Waals surface area contributed by atoms with Crippen molar-refractivity contribution in [2.45, 2.75) is 44.2 Å². The lowest BCUT2D eigenvalue weighted by molar-refractivity contribution is -0.125. The molecule has 1 aromatic carbocycles. The molecule has 1 saturated carbocycles. The van der Waals surface area contributed by atoms with Crippen LogP contribution >= 0.6 is 24.2 Å². The van der Waals surface area contributed by atoms with E-state index in [2.05, 4.69) is 5.32 Å². The molecule has 0 atom stereocenters. The first-order valence-electron chi connectivity index (χ1n) is 8.14. The zero-order valence-corrected chi connectivity index (χ0v) is 15.5. The molecule has 3 amide bonds. The van der Waals surface area contributed by atoms with Crippen molar-refractivity contribution in [1.29, 1.82) is 0 Å². The summed E-state index contributed by atoms with van der Waals surface area (Å²) in [5, 5.41) is 2.67. The highest BCUT2D eigenvalue weighted by molar-refractivity contribution is 8.14. The van der Waals surface area contributed by atoms with E-state index in [1.165, 1.54) is 4.90 Å². The quantitative estimate of drug-likeness (QED) is 0.833. The third kappa shape index (κ3) is 4.54. The zero-order chi connectivity index (χ0) is 17.2. The highest BCUT2D eigenvalue weighted by atomic mass is 35.5. The van der Waals surface area contributed by atoms with Crippen LogP contribution in [0.5, 0.6) is 0 Å². The number of imide groups is 1. The van der Waals surface area contributed by atoms with Crippen molar-refractivity contribution in [3.05, 3.63) is 29.8 Å². The summed E-state index contributed by atoms with van der Waals surface area (Å²) in [6.07, 6.45) is 4.53. The van der Waals surface area contributed by atoms with Gasteiger partial charge in [0.15, 0.2) is 0 Å². The summed E-state index contributed by atoms with van der Waals surface area (Å²) in [5.74, 6) is -0.0908.